The number of para-hydroxylation sites is 4. The van der Waals surface area contributed by atoms with Crippen molar-refractivity contribution >= 4 is 77.4 Å². The maximum atomic E-state index is 7.35. The van der Waals surface area contributed by atoms with Crippen LogP contribution in [0.3, 0.4) is 0 Å². The molecular weight excluding hydrogens is 822 g/mol. The number of benzene rings is 7. The lowest BCUT2D eigenvalue weighted by atomic mass is 9.60. The van der Waals surface area contributed by atoms with Crippen molar-refractivity contribution in [2.24, 2.45) is 4.99 Å². The van der Waals surface area contributed by atoms with Gasteiger partial charge in [0.25, 0.3) is 0 Å². The summed E-state index contributed by atoms with van der Waals surface area (Å²) in [5.41, 5.74) is 14.0. The lowest BCUT2D eigenvalue weighted by molar-refractivity contribution is 0.391. The normalized spacial score (nSPS) is 18.0. The summed E-state index contributed by atoms with van der Waals surface area (Å²) in [6, 6.07) is 60.0. The Kier molecular flexibility index (Phi) is 6.85. The van der Waals surface area contributed by atoms with Gasteiger partial charge in [0.05, 0.1) is 44.3 Å². The van der Waals surface area contributed by atoms with Crippen molar-refractivity contribution in [3.63, 3.8) is 0 Å². The molecule has 0 saturated carbocycles. The van der Waals surface area contributed by atoms with Crippen LogP contribution in [0.25, 0.3) is 55.0 Å². The summed E-state index contributed by atoms with van der Waals surface area (Å²) in [5, 5.41) is 4.88. The third kappa shape index (κ3) is 4.29. The molecule has 0 radical (unpaired) electrons. The standard InChI is InChI=1S/C53H34IN3O/c1-3-16-33(17-4-1)42-32-43(34-18-5-2-6-19-34)55-52(54-42)57-45-27-12-8-21-37(45)49-47(57)31-30-41-51(49)58-48-29-14-10-24-39(48)53(41)38-23-9-13-28-46(38)56-44-26-11-7-20-35(44)36-22-15-25-40(53)50(36)56/h1-9,11-23,25-32H,10,24H2. The van der Waals surface area contributed by atoms with Gasteiger partial charge in [-0.05, 0) is 92.3 Å². The summed E-state index contributed by atoms with van der Waals surface area (Å²) in [6.45, 7) is 0. The van der Waals surface area contributed by atoms with Crippen LogP contribution in [-0.2, 0) is 5.41 Å². The second-order valence-electron chi connectivity index (χ2n) is 15.5. The molecule has 0 saturated heterocycles. The van der Waals surface area contributed by atoms with E-state index in [0.717, 1.165) is 55.9 Å². The van der Waals surface area contributed by atoms with E-state index in [1.807, 2.05) is 0 Å². The van der Waals surface area contributed by atoms with Gasteiger partial charge in [-0.2, -0.15) is 0 Å². The Morgan fingerprint density at radius 3 is 2.10 bits per heavy atom. The van der Waals surface area contributed by atoms with E-state index in [-0.39, 0.29) is 0 Å². The molecule has 1 spiro atoms. The Balaban J connectivity index is 1.14. The largest absolute Gasteiger partial charge is 0.456 e. The van der Waals surface area contributed by atoms with Crippen molar-refractivity contribution in [3.8, 4) is 11.4 Å². The van der Waals surface area contributed by atoms with Gasteiger partial charge >= 0.3 is 0 Å². The molecule has 0 N–H and O–H groups in total. The number of ether oxygens (including phenoxy) is 1. The molecule has 0 bridgehead atoms. The van der Waals surface area contributed by atoms with Crippen LogP contribution in [0, 0.1) is 0 Å². The molecule has 0 amide bonds. The van der Waals surface area contributed by atoms with Crippen molar-refractivity contribution in [2.75, 3.05) is 0 Å². The Labute approximate surface area is 345 Å². The Hall–Kier alpha value is -6.57. The summed E-state index contributed by atoms with van der Waals surface area (Å²) in [6.07, 6.45) is 8.73. The van der Waals surface area contributed by atoms with Crippen LogP contribution in [0.4, 0.5) is 0 Å². The summed E-state index contributed by atoms with van der Waals surface area (Å²) >= 11 is -0.671. The first kappa shape index (κ1) is 32.5. The van der Waals surface area contributed by atoms with Gasteiger partial charge in [0.2, 0.25) is 0 Å². The number of nitrogens with zero attached hydrogens (tertiary/aromatic N) is 3. The van der Waals surface area contributed by atoms with Gasteiger partial charge in [-0.25, -0.2) is 4.99 Å². The molecule has 1 aliphatic carbocycles. The summed E-state index contributed by atoms with van der Waals surface area (Å²) in [5.74, 6) is 1.91. The first-order valence-electron chi connectivity index (χ1n) is 20.0. The average molecular weight is 856 g/mol. The number of hydrogen-bond acceptors (Lipinski definition) is 2. The van der Waals surface area contributed by atoms with Crippen LogP contribution in [0.15, 0.2) is 198 Å². The fourth-order valence-electron chi connectivity index (χ4n) is 10.3. The number of rotatable bonds is 2. The Bertz CT molecular complexity index is 3370. The molecule has 5 heterocycles. The fraction of sp³-hybridized carbons (Fsp3) is 0.0566. The van der Waals surface area contributed by atoms with E-state index in [0.29, 0.717) is 0 Å². The van der Waals surface area contributed by atoms with Gasteiger partial charge < -0.3 is 9.30 Å². The maximum absolute atomic E-state index is 7.35. The molecule has 5 heteroatoms. The van der Waals surface area contributed by atoms with Gasteiger partial charge in [0.15, 0.2) is 3.84 Å². The fourth-order valence-corrected chi connectivity index (χ4v) is 13.1. The molecule has 58 heavy (non-hydrogen) atoms. The van der Waals surface area contributed by atoms with E-state index in [2.05, 4.69) is 191 Å². The number of halogens is 1. The Morgan fingerprint density at radius 2 is 1.26 bits per heavy atom. The van der Waals surface area contributed by atoms with Crippen molar-refractivity contribution in [3.05, 3.63) is 221 Å². The zero-order valence-corrected chi connectivity index (χ0v) is 33.5. The minimum Gasteiger partial charge on any atom is -0.456 e. The van der Waals surface area contributed by atoms with Crippen LogP contribution in [-0.4, -0.2) is 16.5 Å². The molecule has 1 unspecified atom stereocenters. The SMILES string of the molecule is C1=CC2=C(CC1)C1(c3ccccc3-n3c4ccccc4c4cccc1c43)c1ccc3c(c1O2)c1ccccc1n3C1=NC(c2ccccc2)=CC(c2ccccc2)=I1. The summed E-state index contributed by atoms with van der Waals surface area (Å²) in [7, 11) is 0. The molecule has 4 aliphatic rings. The smallest absolute Gasteiger partial charge is 0.171 e. The highest BCUT2D eigenvalue weighted by molar-refractivity contribution is 14.2. The van der Waals surface area contributed by atoms with Gasteiger partial charge in [0, 0.05) is 30.8 Å². The van der Waals surface area contributed by atoms with Gasteiger partial charge in [-0.1, -0.05) is 146 Å². The zero-order chi connectivity index (χ0) is 38.0. The highest BCUT2D eigenvalue weighted by Crippen LogP contribution is 2.61. The van der Waals surface area contributed by atoms with Crippen LogP contribution >= 0.6 is 20.7 Å². The minimum absolute atomic E-state index is 0.557. The zero-order valence-electron chi connectivity index (χ0n) is 31.4. The maximum Gasteiger partial charge on any atom is 0.171 e. The lowest BCUT2D eigenvalue weighted by Gasteiger charge is -2.47. The molecule has 274 valence electrons. The van der Waals surface area contributed by atoms with Gasteiger partial charge in [-0.15, -0.1) is 0 Å². The number of fused-ring (bicyclic) bond motifs is 14. The molecular formula is C53H34IN3O. The second-order valence-corrected chi connectivity index (χ2v) is 18.1. The highest BCUT2D eigenvalue weighted by atomic mass is 127. The van der Waals surface area contributed by atoms with E-state index in [1.165, 1.54) is 64.2 Å². The first-order chi connectivity index (χ1) is 28.8. The molecule has 4 nitrogen and oxygen atoms in total. The Morgan fingerprint density at radius 1 is 0.569 bits per heavy atom. The minimum atomic E-state index is -0.671. The second kappa shape index (κ2) is 12.2. The molecule has 13 rings (SSSR count). The van der Waals surface area contributed by atoms with Crippen LogP contribution in [0.5, 0.6) is 5.75 Å². The van der Waals surface area contributed by atoms with Crippen molar-refractivity contribution in [1.82, 2.24) is 9.13 Å². The van der Waals surface area contributed by atoms with Crippen LogP contribution < -0.4 is 4.74 Å². The predicted molar refractivity (Wildman–Crippen MR) is 248 cm³/mol. The molecule has 2 aromatic heterocycles. The van der Waals surface area contributed by atoms with Crippen molar-refractivity contribution in [1.29, 1.82) is 0 Å². The molecule has 3 aliphatic heterocycles. The predicted octanol–water partition coefficient (Wildman–Crippen LogP) is 13.0. The van der Waals surface area contributed by atoms with E-state index in [9.17, 15) is 0 Å². The van der Waals surface area contributed by atoms with E-state index < -0.39 is 26.1 Å². The van der Waals surface area contributed by atoms with E-state index in [1.54, 1.807) is 0 Å². The third-order valence-electron chi connectivity index (χ3n) is 12.6. The van der Waals surface area contributed by atoms with Crippen LogP contribution in [0.2, 0.25) is 0 Å². The van der Waals surface area contributed by atoms with Crippen molar-refractivity contribution in [2.45, 2.75) is 18.3 Å². The molecule has 1 atom stereocenters. The van der Waals surface area contributed by atoms with Crippen LogP contribution in [0.1, 0.15) is 40.7 Å². The number of aromatic nitrogens is 2. The molecule has 7 aromatic carbocycles. The number of hydrogen-bond donors (Lipinski definition) is 0. The van der Waals surface area contributed by atoms with Crippen molar-refractivity contribution < 1.29 is 4.74 Å². The van der Waals surface area contributed by atoms with Gasteiger partial charge in [-0.3, -0.25) is 4.57 Å². The third-order valence-corrected chi connectivity index (χ3v) is 15.3. The topological polar surface area (TPSA) is 31.4 Å². The van der Waals surface area contributed by atoms with E-state index in [4.69, 9.17) is 9.73 Å². The highest BCUT2D eigenvalue weighted by Gasteiger charge is 2.52. The quantitative estimate of drug-likeness (QED) is 0.159. The lowest BCUT2D eigenvalue weighted by Crippen LogP contribution is -2.40. The summed E-state index contributed by atoms with van der Waals surface area (Å²) in [4.78, 5) is 5.54. The monoisotopic (exact) mass is 855 g/mol. The molecule has 0 fully saturated rings. The number of allylic oxidation sites excluding steroid dienone is 4. The average Bonchev–Trinajstić information content (AvgIpc) is 3.82. The number of aliphatic imine (C=N–C) groups is 1. The summed E-state index contributed by atoms with van der Waals surface area (Å²) < 4.78 is 14.8. The molecule has 9 aromatic rings. The van der Waals surface area contributed by atoms with Gasteiger partial charge in [0.1, 0.15) is 11.5 Å². The van der Waals surface area contributed by atoms with E-state index >= 15 is 0 Å². The first-order valence-corrected chi connectivity index (χ1v) is 22.2.